The molecular formula is C18H25NO4. The molecule has 1 atom stereocenters. The quantitative estimate of drug-likeness (QED) is 0.572. The van der Waals surface area contributed by atoms with Crippen LogP contribution in [0.2, 0.25) is 0 Å². The molecule has 0 saturated carbocycles. The van der Waals surface area contributed by atoms with E-state index >= 15 is 0 Å². The van der Waals surface area contributed by atoms with Crippen LogP contribution < -0.4 is 4.90 Å². The highest BCUT2D eigenvalue weighted by atomic mass is 16.6. The fourth-order valence-electron chi connectivity index (χ4n) is 2.72. The van der Waals surface area contributed by atoms with E-state index in [1.54, 1.807) is 4.90 Å². The van der Waals surface area contributed by atoms with Crippen molar-refractivity contribution >= 4 is 17.6 Å². The maximum atomic E-state index is 12.3. The number of aryl methyl sites for hydroxylation is 1. The molecule has 0 bridgehead atoms. The van der Waals surface area contributed by atoms with Crippen LogP contribution in [0.4, 0.5) is 5.69 Å². The van der Waals surface area contributed by atoms with Gasteiger partial charge < -0.3 is 14.4 Å². The van der Waals surface area contributed by atoms with Gasteiger partial charge in [-0.3, -0.25) is 9.59 Å². The molecule has 1 heterocycles. The number of esters is 1. The molecule has 2 rings (SSSR count). The first-order valence-electron chi connectivity index (χ1n) is 8.19. The molecule has 0 radical (unpaired) electrons. The molecule has 1 fully saturated rings. The molecule has 1 aliphatic rings. The summed E-state index contributed by atoms with van der Waals surface area (Å²) in [6, 6.07) is 7.82. The number of amides is 1. The smallest absolute Gasteiger partial charge is 0.311 e. The molecule has 0 aliphatic carbocycles. The van der Waals surface area contributed by atoms with Crippen molar-refractivity contribution in [1.29, 1.82) is 0 Å². The van der Waals surface area contributed by atoms with Gasteiger partial charge >= 0.3 is 5.97 Å². The second-order valence-electron chi connectivity index (χ2n) is 5.97. The number of anilines is 1. The molecule has 126 valence electrons. The maximum absolute atomic E-state index is 12.3. The number of hydrogen-bond donors (Lipinski definition) is 0. The van der Waals surface area contributed by atoms with Crippen molar-refractivity contribution in [2.45, 2.75) is 39.7 Å². The fourth-order valence-corrected chi connectivity index (χ4v) is 2.72. The number of carbonyl (C=O) groups excluding carboxylic acids is 2. The molecule has 1 aliphatic heterocycles. The Morgan fingerprint density at radius 1 is 1.30 bits per heavy atom. The second kappa shape index (κ2) is 8.11. The third-order valence-corrected chi connectivity index (χ3v) is 3.90. The van der Waals surface area contributed by atoms with E-state index < -0.39 is 5.92 Å². The number of nitrogens with zero attached hydrogens (tertiary/aromatic N) is 1. The van der Waals surface area contributed by atoms with Crippen LogP contribution in [0.15, 0.2) is 24.3 Å². The molecule has 1 aromatic rings. The van der Waals surface area contributed by atoms with Gasteiger partial charge in [-0.25, -0.2) is 0 Å². The van der Waals surface area contributed by atoms with Gasteiger partial charge in [0.15, 0.2) is 0 Å². The van der Waals surface area contributed by atoms with E-state index in [9.17, 15) is 9.59 Å². The third-order valence-electron chi connectivity index (χ3n) is 3.90. The van der Waals surface area contributed by atoms with Gasteiger partial charge in [-0.05, 0) is 31.9 Å². The SMILES string of the molecule is CCc1ccccc1N1CC(C(=O)OCCOC(C)C)CC1=O. The molecule has 23 heavy (non-hydrogen) atoms. The number of rotatable bonds is 7. The van der Waals surface area contributed by atoms with Gasteiger partial charge in [-0.2, -0.15) is 0 Å². The Kier molecular flexibility index (Phi) is 6.16. The number of carbonyl (C=O) groups is 2. The maximum Gasteiger partial charge on any atom is 0.311 e. The van der Waals surface area contributed by atoms with Crippen LogP contribution >= 0.6 is 0 Å². The van der Waals surface area contributed by atoms with Gasteiger partial charge in [0.1, 0.15) is 6.61 Å². The minimum atomic E-state index is -0.397. The first-order valence-corrected chi connectivity index (χ1v) is 8.19. The van der Waals surface area contributed by atoms with Crippen molar-refractivity contribution in [3.63, 3.8) is 0 Å². The zero-order valence-corrected chi connectivity index (χ0v) is 14.1. The molecule has 0 spiro atoms. The molecular weight excluding hydrogens is 294 g/mol. The molecule has 1 saturated heterocycles. The first kappa shape index (κ1) is 17.5. The molecule has 5 heteroatoms. The molecule has 0 N–H and O–H groups in total. The summed E-state index contributed by atoms with van der Waals surface area (Å²) in [6.45, 7) is 6.92. The minimum absolute atomic E-state index is 0.0220. The monoisotopic (exact) mass is 319 g/mol. The van der Waals surface area contributed by atoms with Crippen molar-refractivity contribution in [2.24, 2.45) is 5.92 Å². The molecule has 1 unspecified atom stereocenters. The number of benzene rings is 1. The molecule has 1 amide bonds. The topological polar surface area (TPSA) is 55.8 Å². The Bertz CT molecular complexity index is 556. The second-order valence-corrected chi connectivity index (χ2v) is 5.97. The normalized spacial score (nSPS) is 17.8. The highest BCUT2D eigenvalue weighted by Crippen LogP contribution is 2.29. The van der Waals surface area contributed by atoms with Gasteiger partial charge in [-0.15, -0.1) is 0 Å². The lowest BCUT2D eigenvalue weighted by Gasteiger charge is -2.19. The Hall–Kier alpha value is -1.88. The molecule has 1 aromatic carbocycles. The summed E-state index contributed by atoms with van der Waals surface area (Å²) >= 11 is 0. The zero-order chi connectivity index (χ0) is 16.8. The summed E-state index contributed by atoms with van der Waals surface area (Å²) in [5.41, 5.74) is 2.01. The highest BCUT2D eigenvalue weighted by molar-refractivity contribution is 6.00. The van der Waals surface area contributed by atoms with Crippen LogP contribution in [0.1, 0.15) is 32.8 Å². The van der Waals surface area contributed by atoms with Crippen LogP contribution in [0, 0.1) is 5.92 Å². The minimum Gasteiger partial charge on any atom is -0.463 e. The van der Waals surface area contributed by atoms with E-state index in [2.05, 4.69) is 6.92 Å². The Morgan fingerprint density at radius 2 is 2.04 bits per heavy atom. The van der Waals surface area contributed by atoms with Crippen LogP contribution in [0.5, 0.6) is 0 Å². The lowest BCUT2D eigenvalue weighted by molar-refractivity contribution is -0.150. The van der Waals surface area contributed by atoms with E-state index in [0.29, 0.717) is 13.2 Å². The van der Waals surface area contributed by atoms with Crippen LogP contribution in [-0.2, 0) is 25.5 Å². The molecule has 5 nitrogen and oxygen atoms in total. The zero-order valence-electron chi connectivity index (χ0n) is 14.1. The van der Waals surface area contributed by atoms with E-state index in [1.807, 2.05) is 38.1 Å². The Balaban J connectivity index is 1.93. The Labute approximate surface area is 137 Å². The van der Waals surface area contributed by atoms with E-state index in [0.717, 1.165) is 17.7 Å². The van der Waals surface area contributed by atoms with Gasteiger partial charge in [0.05, 0.1) is 18.6 Å². The number of para-hydroxylation sites is 1. The number of ether oxygens (including phenoxy) is 2. The van der Waals surface area contributed by atoms with Crippen LogP contribution in [0.3, 0.4) is 0 Å². The largest absolute Gasteiger partial charge is 0.463 e. The standard InChI is InChI=1S/C18H25NO4/c1-4-14-7-5-6-8-16(14)19-12-15(11-17(19)20)18(21)23-10-9-22-13(2)3/h5-8,13,15H,4,9-12H2,1-3H3. The van der Waals surface area contributed by atoms with E-state index in [-0.39, 0.29) is 31.0 Å². The predicted octanol–water partition coefficient (Wildman–Crippen LogP) is 2.57. The lowest BCUT2D eigenvalue weighted by atomic mass is 10.1. The summed E-state index contributed by atoms with van der Waals surface area (Å²) in [4.78, 5) is 26.1. The molecule has 0 aromatic heterocycles. The average molecular weight is 319 g/mol. The van der Waals surface area contributed by atoms with Crippen molar-refractivity contribution in [2.75, 3.05) is 24.7 Å². The van der Waals surface area contributed by atoms with Gasteiger partial charge in [0, 0.05) is 18.7 Å². The van der Waals surface area contributed by atoms with E-state index in [4.69, 9.17) is 9.47 Å². The highest BCUT2D eigenvalue weighted by Gasteiger charge is 2.36. The van der Waals surface area contributed by atoms with Crippen molar-refractivity contribution in [3.8, 4) is 0 Å². The van der Waals surface area contributed by atoms with Crippen LogP contribution in [0.25, 0.3) is 0 Å². The summed E-state index contributed by atoms with van der Waals surface area (Å²) in [6.07, 6.45) is 1.17. The van der Waals surface area contributed by atoms with Gasteiger partial charge in [0.25, 0.3) is 0 Å². The summed E-state index contributed by atoms with van der Waals surface area (Å²) < 4.78 is 10.6. The summed E-state index contributed by atoms with van der Waals surface area (Å²) in [7, 11) is 0. The van der Waals surface area contributed by atoms with Gasteiger partial charge in [-0.1, -0.05) is 25.1 Å². The average Bonchev–Trinajstić information content (AvgIpc) is 2.93. The fraction of sp³-hybridized carbons (Fsp3) is 0.556. The van der Waals surface area contributed by atoms with Crippen LogP contribution in [-0.4, -0.2) is 37.7 Å². The predicted molar refractivity (Wildman–Crippen MR) is 88.3 cm³/mol. The first-order chi connectivity index (χ1) is 11.0. The van der Waals surface area contributed by atoms with Crippen molar-refractivity contribution in [3.05, 3.63) is 29.8 Å². The third kappa shape index (κ3) is 4.55. The van der Waals surface area contributed by atoms with E-state index in [1.165, 1.54) is 0 Å². The summed E-state index contributed by atoms with van der Waals surface area (Å²) in [5, 5.41) is 0. The summed E-state index contributed by atoms with van der Waals surface area (Å²) in [5.74, 6) is -0.736. The van der Waals surface area contributed by atoms with Gasteiger partial charge in [0.2, 0.25) is 5.91 Å². The Morgan fingerprint density at radius 3 is 2.74 bits per heavy atom. The number of hydrogen-bond acceptors (Lipinski definition) is 4. The van der Waals surface area contributed by atoms with Crippen molar-refractivity contribution in [1.82, 2.24) is 0 Å². The van der Waals surface area contributed by atoms with Crippen molar-refractivity contribution < 1.29 is 19.1 Å². The lowest BCUT2D eigenvalue weighted by Crippen LogP contribution is -2.27.